The number of rotatable bonds is 6. The van der Waals surface area contributed by atoms with E-state index in [0.29, 0.717) is 21.1 Å². The van der Waals surface area contributed by atoms with Gasteiger partial charge in [0.1, 0.15) is 5.75 Å². The molecule has 3 aromatic rings. The fourth-order valence-electron chi connectivity index (χ4n) is 1.73. The van der Waals surface area contributed by atoms with Crippen LogP contribution in [0.1, 0.15) is 5.89 Å². The van der Waals surface area contributed by atoms with Crippen molar-refractivity contribution in [1.82, 2.24) is 10.1 Å². The zero-order valence-corrected chi connectivity index (χ0v) is 15.2. The van der Waals surface area contributed by atoms with Gasteiger partial charge >= 0.3 is 5.97 Å². The van der Waals surface area contributed by atoms with Gasteiger partial charge in [0.25, 0.3) is 5.89 Å². The zero-order valence-electron chi connectivity index (χ0n) is 12.1. The second-order valence-corrected chi connectivity index (χ2v) is 6.75. The van der Waals surface area contributed by atoms with E-state index in [9.17, 15) is 4.79 Å². The second kappa shape index (κ2) is 7.78. The minimum absolute atomic E-state index is 0.109. The van der Waals surface area contributed by atoms with Crippen molar-refractivity contribution in [1.29, 1.82) is 0 Å². The molecule has 0 atom stereocenters. The molecule has 0 spiro atoms. The van der Waals surface area contributed by atoms with E-state index in [1.54, 1.807) is 18.2 Å². The number of esters is 1. The molecule has 0 saturated heterocycles. The molecule has 124 valence electrons. The predicted molar refractivity (Wildman–Crippen MR) is 92.1 cm³/mol. The summed E-state index contributed by atoms with van der Waals surface area (Å²) in [7, 11) is 0. The molecule has 0 N–H and O–H groups in total. The third-order valence-electron chi connectivity index (χ3n) is 2.81. The first-order chi connectivity index (χ1) is 11.6. The molecule has 9 heteroatoms. The van der Waals surface area contributed by atoms with Crippen LogP contribution in [0.3, 0.4) is 0 Å². The van der Waals surface area contributed by atoms with E-state index < -0.39 is 5.97 Å². The van der Waals surface area contributed by atoms with Crippen molar-refractivity contribution in [3.63, 3.8) is 0 Å². The molecule has 0 fully saturated rings. The molecule has 0 aliphatic heterocycles. The van der Waals surface area contributed by atoms with Crippen molar-refractivity contribution in [2.45, 2.75) is 6.61 Å². The monoisotopic (exact) mass is 428 g/mol. The molecule has 0 amide bonds. The molecule has 0 aliphatic carbocycles. The normalized spacial score (nSPS) is 10.6. The van der Waals surface area contributed by atoms with Crippen LogP contribution in [0.4, 0.5) is 0 Å². The zero-order chi connectivity index (χ0) is 16.9. The number of hydrogen-bond donors (Lipinski definition) is 0. The fourth-order valence-corrected chi connectivity index (χ4v) is 3.18. The van der Waals surface area contributed by atoms with Crippen molar-refractivity contribution in [3.8, 4) is 16.5 Å². The smallest absolute Gasteiger partial charge is 0.344 e. The molecule has 2 aromatic heterocycles. The lowest BCUT2D eigenvalue weighted by molar-refractivity contribution is -0.148. The number of aromatic nitrogens is 2. The van der Waals surface area contributed by atoms with Gasteiger partial charge in [-0.3, -0.25) is 0 Å². The summed E-state index contributed by atoms with van der Waals surface area (Å²) >= 11 is 10.6. The molecule has 6 nitrogen and oxygen atoms in total. The van der Waals surface area contributed by atoms with Crippen molar-refractivity contribution in [3.05, 3.63) is 51.1 Å². The fraction of sp³-hybridized carbons (Fsp3) is 0.133. The Bertz CT molecular complexity index is 838. The predicted octanol–water partition coefficient (Wildman–Crippen LogP) is 4.34. The molecule has 24 heavy (non-hydrogen) atoms. The number of carbonyl (C=O) groups excluding carboxylic acids is 1. The summed E-state index contributed by atoms with van der Waals surface area (Å²) < 4.78 is 16.1. The molecule has 0 bridgehead atoms. The van der Waals surface area contributed by atoms with Gasteiger partial charge in [-0.05, 0) is 45.6 Å². The maximum Gasteiger partial charge on any atom is 0.344 e. The topological polar surface area (TPSA) is 74.5 Å². The average molecular weight is 430 g/mol. The van der Waals surface area contributed by atoms with Crippen LogP contribution in [0.2, 0.25) is 5.02 Å². The Kier molecular flexibility index (Phi) is 5.49. The third kappa shape index (κ3) is 4.34. The van der Waals surface area contributed by atoms with E-state index in [1.807, 2.05) is 17.5 Å². The van der Waals surface area contributed by atoms with Gasteiger partial charge in [-0.25, -0.2) is 4.79 Å². The van der Waals surface area contributed by atoms with Crippen molar-refractivity contribution >= 4 is 44.8 Å². The highest BCUT2D eigenvalue weighted by atomic mass is 79.9. The molecular formula is C15H10BrClN2O4S. The summed E-state index contributed by atoms with van der Waals surface area (Å²) in [6.07, 6.45) is 0. The Morgan fingerprint density at radius 1 is 1.38 bits per heavy atom. The highest BCUT2D eigenvalue weighted by Crippen LogP contribution is 2.28. The Morgan fingerprint density at radius 2 is 2.25 bits per heavy atom. The largest absolute Gasteiger partial charge is 0.481 e. The molecule has 0 unspecified atom stereocenters. The minimum atomic E-state index is -0.548. The highest BCUT2D eigenvalue weighted by molar-refractivity contribution is 9.10. The van der Waals surface area contributed by atoms with Crippen LogP contribution in [0, 0.1) is 0 Å². The lowest BCUT2D eigenvalue weighted by Gasteiger charge is -2.07. The lowest BCUT2D eigenvalue weighted by atomic mass is 10.3. The van der Waals surface area contributed by atoms with Crippen LogP contribution >= 0.6 is 38.9 Å². The van der Waals surface area contributed by atoms with Gasteiger partial charge in [-0.15, -0.1) is 11.3 Å². The first-order valence-corrected chi connectivity index (χ1v) is 8.77. The first-order valence-electron chi connectivity index (χ1n) is 6.72. The van der Waals surface area contributed by atoms with E-state index in [-0.39, 0.29) is 19.1 Å². The van der Waals surface area contributed by atoms with Crippen LogP contribution < -0.4 is 4.74 Å². The molecule has 0 aliphatic rings. The summed E-state index contributed by atoms with van der Waals surface area (Å²) in [5.41, 5.74) is 0. The molecule has 0 radical (unpaired) electrons. The maximum absolute atomic E-state index is 11.7. The highest BCUT2D eigenvalue weighted by Gasteiger charge is 2.12. The SMILES string of the molecule is O=C(COc1ccc(Cl)cc1Br)OCc1nc(-c2cccs2)no1. The van der Waals surface area contributed by atoms with E-state index in [4.69, 9.17) is 25.6 Å². The van der Waals surface area contributed by atoms with Gasteiger partial charge in [0, 0.05) is 5.02 Å². The van der Waals surface area contributed by atoms with Crippen molar-refractivity contribution in [2.75, 3.05) is 6.61 Å². The summed E-state index contributed by atoms with van der Waals surface area (Å²) in [6.45, 7) is -0.353. The number of ether oxygens (including phenoxy) is 2. The molecule has 0 saturated carbocycles. The Balaban J connectivity index is 1.49. The second-order valence-electron chi connectivity index (χ2n) is 4.51. The number of nitrogens with zero attached hydrogens (tertiary/aromatic N) is 2. The third-order valence-corrected chi connectivity index (χ3v) is 4.53. The van der Waals surface area contributed by atoms with Gasteiger partial charge in [-0.2, -0.15) is 4.98 Å². The molecular weight excluding hydrogens is 420 g/mol. The van der Waals surface area contributed by atoms with Crippen LogP contribution in [0.15, 0.2) is 44.7 Å². The summed E-state index contributed by atoms with van der Waals surface area (Å²) in [5.74, 6) is 0.638. The molecule has 2 heterocycles. The van der Waals surface area contributed by atoms with Crippen LogP contribution in [-0.4, -0.2) is 22.7 Å². The van der Waals surface area contributed by atoms with E-state index in [0.717, 1.165) is 4.88 Å². The number of halogens is 2. The lowest BCUT2D eigenvalue weighted by Crippen LogP contribution is -2.15. The van der Waals surface area contributed by atoms with E-state index in [1.165, 1.54) is 11.3 Å². The van der Waals surface area contributed by atoms with Crippen LogP contribution in [0.25, 0.3) is 10.7 Å². The number of thiophene rings is 1. The minimum Gasteiger partial charge on any atom is -0.481 e. The summed E-state index contributed by atoms with van der Waals surface area (Å²) in [6, 6.07) is 8.76. The molecule has 1 aromatic carbocycles. The van der Waals surface area contributed by atoms with E-state index >= 15 is 0 Å². The van der Waals surface area contributed by atoms with Crippen molar-refractivity contribution < 1.29 is 18.8 Å². The Morgan fingerprint density at radius 3 is 3.00 bits per heavy atom. The maximum atomic E-state index is 11.7. The quantitative estimate of drug-likeness (QED) is 0.543. The standard InChI is InChI=1S/C15H10BrClN2O4S/c16-10-6-9(17)3-4-11(10)21-8-14(20)22-7-13-18-15(19-23-13)12-2-1-5-24-12/h1-6H,7-8H2. The first kappa shape index (κ1) is 16.9. The number of carbonyl (C=O) groups is 1. The van der Waals surface area contributed by atoms with Gasteiger partial charge in [0.05, 0.1) is 9.35 Å². The van der Waals surface area contributed by atoms with Crippen LogP contribution in [-0.2, 0) is 16.1 Å². The van der Waals surface area contributed by atoms with Crippen molar-refractivity contribution in [2.24, 2.45) is 0 Å². The number of hydrogen-bond acceptors (Lipinski definition) is 7. The summed E-state index contributed by atoms with van der Waals surface area (Å²) in [4.78, 5) is 16.8. The van der Waals surface area contributed by atoms with Gasteiger partial charge < -0.3 is 14.0 Å². The van der Waals surface area contributed by atoms with E-state index in [2.05, 4.69) is 26.1 Å². The average Bonchev–Trinajstić information content (AvgIpc) is 3.23. The Labute approximate surface area is 154 Å². The van der Waals surface area contributed by atoms with Gasteiger partial charge in [0.15, 0.2) is 13.2 Å². The van der Waals surface area contributed by atoms with Gasteiger partial charge in [-0.1, -0.05) is 22.8 Å². The Hall–Kier alpha value is -1.90. The van der Waals surface area contributed by atoms with Crippen LogP contribution in [0.5, 0.6) is 5.75 Å². The van der Waals surface area contributed by atoms with Gasteiger partial charge in [0.2, 0.25) is 5.82 Å². The number of benzene rings is 1. The summed E-state index contributed by atoms with van der Waals surface area (Å²) in [5, 5.41) is 6.31. The molecule has 3 rings (SSSR count).